The lowest BCUT2D eigenvalue weighted by molar-refractivity contribution is 0.343. The third-order valence-electron chi connectivity index (χ3n) is 3.59. The van der Waals surface area contributed by atoms with Gasteiger partial charge in [-0.05, 0) is 46.0 Å². The van der Waals surface area contributed by atoms with Crippen LogP contribution in [0.2, 0.25) is 0 Å². The van der Waals surface area contributed by atoms with Gasteiger partial charge in [0.1, 0.15) is 0 Å². The first-order chi connectivity index (χ1) is 10.9. The molecule has 0 saturated heterocycles. The van der Waals surface area contributed by atoms with Gasteiger partial charge in [-0.15, -0.1) is 0 Å². The molecular formula is C21H18O. The molecule has 3 rings (SSSR count). The molecule has 0 amide bonds. The average molecular weight is 286 g/mol. The zero-order valence-corrected chi connectivity index (χ0v) is 12.3. The Labute approximate surface area is 131 Å². The number of hydrogen-bond donors (Lipinski definition) is 1. The molecule has 0 unspecified atom stereocenters. The van der Waals surface area contributed by atoms with Crippen LogP contribution in [-0.2, 0) is 0 Å². The van der Waals surface area contributed by atoms with Crippen molar-refractivity contribution in [2.45, 2.75) is 0 Å². The molecule has 0 aromatic heterocycles. The van der Waals surface area contributed by atoms with Crippen LogP contribution in [0.1, 0.15) is 5.56 Å². The Morgan fingerprint density at radius 2 is 1.14 bits per heavy atom. The van der Waals surface area contributed by atoms with Gasteiger partial charge in [0, 0.05) is 0 Å². The summed E-state index contributed by atoms with van der Waals surface area (Å²) in [7, 11) is 0. The van der Waals surface area contributed by atoms with Crippen molar-refractivity contribution in [3.63, 3.8) is 0 Å². The fraction of sp³-hybridized carbons (Fsp3) is 0.0476. The van der Waals surface area contributed by atoms with Gasteiger partial charge >= 0.3 is 0 Å². The molecule has 0 spiro atoms. The Morgan fingerprint density at radius 3 is 1.59 bits per heavy atom. The summed E-state index contributed by atoms with van der Waals surface area (Å²) in [6, 6.07) is 27.2. The molecule has 0 heterocycles. The maximum absolute atomic E-state index is 9.01. The normalized spacial score (nSPS) is 11.0. The Hall–Kier alpha value is -2.64. The third kappa shape index (κ3) is 3.33. The van der Waals surface area contributed by atoms with E-state index in [2.05, 4.69) is 42.5 Å². The number of rotatable bonds is 4. The largest absolute Gasteiger partial charge is 0.392 e. The van der Waals surface area contributed by atoms with Gasteiger partial charge in [-0.25, -0.2) is 0 Å². The minimum absolute atomic E-state index is 0.0518. The quantitative estimate of drug-likeness (QED) is 0.713. The summed E-state index contributed by atoms with van der Waals surface area (Å²) in [6.45, 7) is 0.0518. The Morgan fingerprint density at radius 1 is 0.636 bits per heavy atom. The van der Waals surface area contributed by atoms with E-state index in [0.717, 1.165) is 5.56 Å². The molecule has 3 aromatic rings. The van der Waals surface area contributed by atoms with Crippen molar-refractivity contribution in [3.05, 3.63) is 90.5 Å². The highest BCUT2D eigenvalue weighted by Gasteiger charge is 2.04. The molecule has 1 N–H and O–H groups in total. The summed E-state index contributed by atoms with van der Waals surface area (Å²) in [6.07, 6.45) is 3.72. The molecule has 0 radical (unpaired) electrons. The van der Waals surface area contributed by atoms with Gasteiger partial charge in [0.25, 0.3) is 0 Å². The van der Waals surface area contributed by atoms with E-state index in [1.165, 1.54) is 22.3 Å². The van der Waals surface area contributed by atoms with Crippen LogP contribution in [0.3, 0.4) is 0 Å². The highest BCUT2D eigenvalue weighted by molar-refractivity contribution is 5.76. The fourth-order valence-corrected chi connectivity index (χ4v) is 2.53. The van der Waals surface area contributed by atoms with E-state index in [1.807, 2.05) is 42.5 Å². The first-order valence-electron chi connectivity index (χ1n) is 7.40. The van der Waals surface area contributed by atoms with E-state index < -0.39 is 0 Å². The van der Waals surface area contributed by atoms with Crippen LogP contribution in [0.25, 0.3) is 28.3 Å². The van der Waals surface area contributed by atoms with Crippen LogP contribution in [0.5, 0.6) is 0 Å². The summed E-state index contributed by atoms with van der Waals surface area (Å²) in [5, 5.41) is 9.01. The van der Waals surface area contributed by atoms with Crippen LogP contribution in [0.15, 0.2) is 84.9 Å². The van der Waals surface area contributed by atoms with E-state index in [4.69, 9.17) is 5.11 Å². The van der Waals surface area contributed by atoms with Crippen molar-refractivity contribution in [2.75, 3.05) is 6.61 Å². The standard InChI is InChI=1S/C21H18O/c22-13-7-8-17-14-20(18-9-3-1-4-10-18)16-21(15-17)19-11-5-2-6-12-19/h1-12,14-16,22H,13H2. The van der Waals surface area contributed by atoms with E-state index in [1.54, 1.807) is 6.08 Å². The van der Waals surface area contributed by atoms with E-state index in [-0.39, 0.29) is 6.61 Å². The number of aliphatic hydroxyl groups excluding tert-OH is 1. The fourth-order valence-electron chi connectivity index (χ4n) is 2.53. The van der Waals surface area contributed by atoms with Gasteiger partial charge in [0.05, 0.1) is 6.61 Å². The smallest absolute Gasteiger partial charge is 0.0615 e. The number of aliphatic hydroxyl groups is 1. The molecule has 3 aromatic carbocycles. The molecule has 0 saturated carbocycles. The minimum atomic E-state index is 0.0518. The molecule has 0 aliphatic carbocycles. The van der Waals surface area contributed by atoms with Gasteiger partial charge in [-0.2, -0.15) is 0 Å². The number of benzene rings is 3. The van der Waals surface area contributed by atoms with Gasteiger partial charge in [0.2, 0.25) is 0 Å². The topological polar surface area (TPSA) is 20.2 Å². The van der Waals surface area contributed by atoms with Crippen molar-refractivity contribution in [1.82, 2.24) is 0 Å². The maximum atomic E-state index is 9.01. The molecule has 0 bridgehead atoms. The molecule has 1 heteroatoms. The van der Waals surface area contributed by atoms with Crippen molar-refractivity contribution in [3.8, 4) is 22.3 Å². The summed E-state index contributed by atoms with van der Waals surface area (Å²) in [4.78, 5) is 0. The van der Waals surface area contributed by atoms with Crippen molar-refractivity contribution in [2.24, 2.45) is 0 Å². The molecule has 1 nitrogen and oxygen atoms in total. The van der Waals surface area contributed by atoms with Gasteiger partial charge in [-0.1, -0.05) is 72.8 Å². The van der Waals surface area contributed by atoms with Gasteiger partial charge in [-0.3, -0.25) is 0 Å². The zero-order chi connectivity index (χ0) is 15.2. The lowest BCUT2D eigenvalue weighted by Gasteiger charge is -2.09. The van der Waals surface area contributed by atoms with Gasteiger partial charge < -0.3 is 5.11 Å². The first-order valence-corrected chi connectivity index (χ1v) is 7.40. The van der Waals surface area contributed by atoms with Crippen LogP contribution in [0, 0.1) is 0 Å². The molecule has 0 aliphatic rings. The lowest BCUT2D eigenvalue weighted by atomic mass is 9.96. The van der Waals surface area contributed by atoms with E-state index in [0.29, 0.717) is 0 Å². The monoisotopic (exact) mass is 286 g/mol. The first kappa shape index (κ1) is 14.3. The Bertz CT molecular complexity index is 701. The maximum Gasteiger partial charge on any atom is 0.0615 e. The Balaban J connectivity index is 2.12. The second-order valence-corrected chi connectivity index (χ2v) is 5.16. The van der Waals surface area contributed by atoms with Crippen molar-refractivity contribution >= 4 is 6.08 Å². The van der Waals surface area contributed by atoms with Crippen molar-refractivity contribution < 1.29 is 5.11 Å². The molecule has 0 atom stereocenters. The summed E-state index contributed by atoms with van der Waals surface area (Å²) < 4.78 is 0. The molecule has 0 aliphatic heterocycles. The SMILES string of the molecule is OCC=Cc1cc(-c2ccccc2)cc(-c2ccccc2)c1. The zero-order valence-electron chi connectivity index (χ0n) is 12.3. The van der Waals surface area contributed by atoms with Crippen LogP contribution < -0.4 is 0 Å². The highest BCUT2D eigenvalue weighted by atomic mass is 16.2. The van der Waals surface area contributed by atoms with E-state index in [9.17, 15) is 0 Å². The average Bonchev–Trinajstić information content (AvgIpc) is 2.61. The minimum Gasteiger partial charge on any atom is -0.392 e. The predicted molar refractivity (Wildman–Crippen MR) is 93.4 cm³/mol. The molecule has 22 heavy (non-hydrogen) atoms. The molecule has 0 fully saturated rings. The number of hydrogen-bond acceptors (Lipinski definition) is 1. The van der Waals surface area contributed by atoms with Crippen molar-refractivity contribution in [1.29, 1.82) is 0 Å². The summed E-state index contributed by atoms with van der Waals surface area (Å²) >= 11 is 0. The summed E-state index contributed by atoms with van der Waals surface area (Å²) in [5.74, 6) is 0. The predicted octanol–water partition coefficient (Wildman–Crippen LogP) is 5.03. The second kappa shape index (κ2) is 6.88. The van der Waals surface area contributed by atoms with Crippen LogP contribution in [-0.4, -0.2) is 11.7 Å². The van der Waals surface area contributed by atoms with Gasteiger partial charge in [0.15, 0.2) is 0 Å². The van der Waals surface area contributed by atoms with E-state index >= 15 is 0 Å². The Kier molecular flexibility index (Phi) is 4.47. The third-order valence-corrected chi connectivity index (χ3v) is 3.59. The second-order valence-electron chi connectivity index (χ2n) is 5.16. The molecule has 108 valence electrons. The van der Waals surface area contributed by atoms with Crippen LogP contribution >= 0.6 is 0 Å². The lowest BCUT2D eigenvalue weighted by Crippen LogP contribution is -1.85. The molecular weight excluding hydrogens is 268 g/mol. The highest BCUT2D eigenvalue weighted by Crippen LogP contribution is 2.28. The summed E-state index contributed by atoms with van der Waals surface area (Å²) in [5.41, 5.74) is 5.84. The van der Waals surface area contributed by atoms with Crippen LogP contribution in [0.4, 0.5) is 0 Å².